The predicted molar refractivity (Wildman–Crippen MR) is 64.2 cm³/mol. The molecule has 6 heteroatoms. The Labute approximate surface area is 104 Å². The van der Waals surface area contributed by atoms with E-state index >= 15 is 0 Å². The van der Waals surface area contributed by atoms with Crippen LogP contribution < -0.4 is 15.4 Å². The van der Waals surface area contributed by atoms with Gasteiger partial charge < -0.3 is 15.4 Å². The number of carbonyl (C=O) groups excluding carboxylic acids is 1. The largest absolute Gasteiger partial charge is 0.472 e. The Kier molecular flexibility index (Phi) is 5.22. The van der Waals surface area contributed by atoms with E-state index in [1.807, 2.05) is 6.92 Å². The summed E-state index contributed by atoms with van der Waals surface area (Å²) < 4.78 is 5.25. The maximum Gasteiger partial charge on any atom is 0.317 e. The van der Waals surface area contributed by atoms with E-state index < -0.39 is 0 Å². The van der Waals surface area contributed by atoms with Gasteiger partial charge in [0, 0.05) is 11.6 Å². The molecule has 0 heterocycles. The van der Waals surface area contributed by atoms with E-state index in [0.29, 0.717) is 22.3 Å². The van der Waals surface area contributed by atoms with Crippen molar-refractivity contribution < 1.29 is 9.53 Å². The lowest BCUT2D eigenvalue weighted by molar-refractivity contribution is 0.224. The van der Waals surface area contributed by atoms with Crippen molar-refractivity contribution in [2.45, 2.75) is 6.92 Å². The molecule has 0 aliphatic heterocycles. The van der Waals surface area contributed by atoms with Gasteiger partial charge in [-0.15, -0.1) is 0 Å². The Balaban J connectivity index is 2.40. The third-order valence-electron chi connectivity index (χ3n) is 1.69. The quantitative estimate of drug-likeness (QED) is 0.820. The summed E-state index contributed by atoms with van der Waals surface area (Å²) in [6.07, 6.45) is 0. The molecule has 0 unspecified atom stereocenters. The number of rotatable bonds is 4. The van der Waals surface area contributed by atoms with Crippen LogP contribution in [-0.4, -0.2) is 19.3 Å². The van der Waals surface area contributed by atoms with E-state index in [-0.39, 0.29) is 12.8 Å². The Morgan fingerprint density at radius 3 is 2.75 bits per heavy atom. The summed E-state index contributed by atoms with van der Waals surface area (Å²) in [6, 6.07) is 4.59. The molecule has 0 saturated carbocycles. The lowest BCUT2D eigenvalue weighted by Gasteiger charge is -2.09. The van der Waals surface area contributed by atoms with E-state index in [0.717, 1.165) is 0 Å². The minimum atomic E-state index is -0.285. The number of nitrogens with one attached hydrogen (secondary N) is 2. The number of ether oxygens (including phenoxy) is 1. The molecule has 0 radical (unpaired) electrons. The Bertz CT molecular complexity index is 372. The zero-order valence-electron chi connectivity index (χ0n) is 8.72. The van der Waals surface area contributed by atoms with Crippen molar-refractivity contribution in [1.29, 1.82) is 0 Å². The molecule has 0 saturated heterocycles. The fraction of sp³-hybridized carbons (Fsp3) is 0.300. The summed E-state index contributed by atoms with van der Waals surface area (Å²) in [4.78, 5) is 11.0. The van der Waals surface area contributed by atoms with Crippen LogP contribution in [0, 0.1) is 0 Å². The van der Waals surface area contributed by atoms with Crippen LogP contribution >= 0.6 is 23.2 Å². The van der Waals surface area contributed by atoms with Crippen LogP contribution in [-0.2, 0) is 0 Å². The van der Waals surface area contributed by atoms with Crippen molar-refractivity contribution in [2.24, 2.45) is 0 Å². The van der Waals surface area contributed by atoms with E-state index in [4.69, 9.17) is 27.9 Å². The number of halogens is 2. The van der Waals surface area contributed by atoms with E-state index in [9.17, 15) is 4.79 Å². The molecule has 2 amide bonds. The van der Waals surface area contributed by atoms with Crippen LogP contribution in [0.15, 0.2) is 18.2 Å². The average Bonchev–Trinajstić information content (AvgIpc) is 2.22. The van der Waals surface area contributed by atoms with Gasteiger partial charge in [0.15, 0.2) is 6.73 Å². The Morgan fingerprint density at radius 1 is 1.38 bits per heavy atom. The SMILES string of the molecule is CCNC(=O)NCOc1ccc(Cl)cc1Cl. The highest BCUT2D eigenvalue weighted by Crippen LogP contribution is 2.27. The fourth-order valence-electron chi connectivity index (χ4n) is 0.995. The second-order valence-corrected chi connectivity index (χ2v) is 3.74. The lowest BCUT2D eigenvalue weighted by atomic mass is 10.3. The van der Waals surface area contributed by atoms with E-state index in [1.165, 1.54) is 0 Å². The van der Waals surface area contributed by atoms with Gasteiger partial charge >= 0.3 is 6.03 Å². The molecular formula is C10H12Cl2N2O2. The van der Waals surface area contributed by atoms with Gasteiger partial charge in [0.05, 0.1) is 5.02 Å². The second kappa shape index (κ2) is 6.45. The molecule has 1 aromatic rings. The first-order chi connectivity index (χ1) is 7.63. The van der Waals surface area contributed by atoms with Crippen molar-refractivity contribution >= 4 is 29.2 Å². The third kappa shape index (κ3) is 4.16. The fourth-order valence-corrected chi connectivity index (χ4v) is 1.46. The molecule has 0 fully saturated rings. The molecule has 0 aliphatic carbocycles. The molecule has 2 N–H and O–H groups in total. The van der Waals surface area contributed by atoms with Crippen molar-refractivity contribution in [1.82, 2.24) is 10.6 Å². The molecule has 88 valence electrons. The second-order valence-electron chi connectivity index (χ2n) is 2.90. The van der Waals surface area contributed by atoms with Gasteiger partial charge in [-0.3, -0.25) is 0 Å². The molecular weight excluding hydrogens is 251 g/mol. The molecule has 1 aromatic carbocycles. The van der Waals surface area contributed by atoms with Gasteiger partial charge in [0.2, 0.25) is 0 Å². The Hall–Kier alpha value is -1.13. The highest BCUT2D eigenvalue weighted by Gasteiger charge is 2.02. The summed E-state index contributed by atoms with van der Waals surface area (Å²) in [7, 11) is 0. The van der Waals surface area contributed by atoms with Crippen LogP contribution in [0.1, 0.15) is 6.92 Å². The van der Waals surface area contributed by atoms with Crippen LogP contribution in [0.5, 0.6) is 5.75 Å². The van der Waals surface area contributed by atoms with Gasteiger partial charge in [0.25, 0.3) is 0 Å². The molecule has 0 spiro atoms. The number of amides is 2. The van der Waals surface area contributed by atoms with Gasteiger partial charge in [0.1, 0.15) is 5.75 Å². The molecule has 0 aliphatic rings. The smallest absolute Gasteiger partial charge is 0.317 e. The van der Waals surface area contributed by atoms with Crippen molar-refractivity contribution in [2.75, 3.05) is 13.3 Å². The highest BCUT2D eigenvalue weighted by atomic mass is 35.5. The predicted octanol–water partition coefficient (Wildman–Crippen LogP) is 2.65. The van der Waals surface area contributed by atoms with Gasteiger partial charge in [-0.25, -0.2) is 4.79 Å². The minimum Gasteiger partial charge on any atom is -0.472 e. The van der Waals surface area contributed by atoms with Crippen LogP contribution in [0.25, 0.3) is 0 Å². The number of urea groups is 1. The van der Waals surface area contributed by atoms with Crippen LogP contribution in [0.2, 0.25) is 10.0 Å². The normalized spacial score (nSPS) is 9.69. The first kappa shape index (κ1) is 12.9. The zero-order valence-corrected chi connectivity index (χ0v) is 10.2. The number of hydrogen-bond acceptors (Lipinski definition) is 2. The van der Waals surface area contributed by atoms with Crippen molar-refractivity contribution in [3.05, 3.63) is 28.2 Å². The van der Waals surface area contributed by atoms with Crippen molar-refractivity contribution in [3.8, 4) is 5.75 Å². The summed E-state index contributed by atoms with van der Waals surface area (Å²) in [5.74, 6) is 0.475. The lowest BCUT2D eigenvalue weighted by Crippen LogP contribution is -2.37. The maximum atomic E-state index is 11.0. The summed E-state index contributed by atoms with van der Waals surface area (Å²) in [6.45, 7) is 2.44. The first-order valence-corrected chi connectivity index (χ1v) is 5.48. The molecule has 0 bridgehead atoms. The summed E-state index contributed by atoms with van der Waals surface area (Å²) in [5.41, 5.74) is 0. The Morgan fingerprint density at radius 2 is 2.12 bits per heavy atom. The molecule has 16 heavy (non-hydrogen) atoms. The maximum absolute atomic E-state index is 11.0. The molecule has 0 atom stereocenters. The summed E-state index contributed by atoms with van der Waals surface area (Å²) in [5, 5.41) is 6.03. The van der Waals surface area contributed by atoms with Gasteiger partial charge in [-0.1, -0.05) is 23.2 Å². The van der Waals surface area contributed by atoms with Crippen LogP contribution in [0.3, 0.4) is 0 Å². The van der Waals surface area contributed by atoms with E-state index in [2.05, 4.69) is 10.6 Å². The monoisotopic (exact) mass is 262 g/mol. The summed E-state index contributed by atoms with van der Waals surface area (Å²) >= 11 is 11.6. The topological polar surface area (TPSA) is 50.4 Å². The van der Waals surface area contributed by atoms with Crippen molar-refractivity contribution in [3.63, 3.8) is 0 Å². The third-order valence-corrected chi connectivity index (χ3v) is 2.22. The van der Waals surface area contributed by atoms with Gasteiger partial charge in [-0.2, -0.15) is 0 Å². The first-order valence-electron chi connectivity index (χ1n) is 4.73. The zero-order chi connectivity index (χ0) is 12.0. The van der Waals surface area contributed by atoms with Gasteiger partial charge in [-0.05, 0) is 25.1 Å². The number of benzene rings is 1. The highest BCUT2D eigenvalue weighted by molar-refractivity contribution is 6.35. The average molecular weight is 263 g/mol. The molecule has 1 rings (SSSR count). The van der Waals surface area contributed by atoms with Crippen LogP contribution in [0.4, 0.5) is 4.79 Å². The number of hydrogen-bond donors (Lipinski definition) is 2. The molecule has 4 nitrogen and oxygen atoms in total. The standard InChI is InChI=1S/C10H12Cl2N2O2/c1-2-13-10(15)14-6-16-9-4-3-7(11)5-8(9)12/h3-5H,2,6H2,1H3,(H2,13,14,15). The number of carbonyl (C=O) groups is 1. The van der Waals surface area contributed by atoms with E-state index in [1.54, 1.807) is 18.2 Å². The minimum absolute atomic E-state index is 0.0488. The molecule has 0 aromatic heterocycles.